The van der Waals surface area contributed by atoms with Crippen molar-refractivity contribution in [2.75, 3.05) is 13.2 Å². The third-order valence-corrected chi connectivity index (χ3v) is 2.12. The summed E-state index contributed by atoms with van der Waals surface area (Å²) < 4.78 is 10.9. The molecule has 1 aromatic rings. The lowest BCUT2D eigenvalue weighted by molar-refractivity contribution is 0.285. The SMILES string of the molecule is CCOc1cc(C#N)cc(CC#N)c1OCC. The number of benzene rings is 1. The summed E-state index contributed by atoms with van der Waals surface area (Å²) in [7, 11) is 0. The van der Waals surface area contributed by atoms with Gasteiger partial charge in [-0.15, -0.1) is 0 Å². The summed E-state index contributed by atoms with van der Waals surface area (Å²) in [6.07, 6.45) is 0.199. The first-order valence-electron chi connectivity index (χ1n) is 5.46. The van der Waals surface area contributed by atoms with Crippen LogP contribution in [0.4, 0.5) is 0 Å². The van der Waals surface area contributed by atoms with Crippen LogP contribution >= 0.6 is 0 Å². The molecule has 1 rings (SSSR count). The van der Waals surface area contributed by atoms with Gasteiger partial charge in [0.25, 0.3) is 0 Å². The van der Waals surface area contributed by atoms with Crippen LogP contribution in [0.3, 0.4) is 0 Å². The van der Waals surface area contributed by atoms with Crippen LogP contribution in [0.15, 0.2) is 12.1 Å². The minimum Gasteiger partial charge on any atom is -0.490 e. The fraction of sp³-hybridized carbons (Fsp3) is 0.385. The molecule has 0 saturated carbocycles. The number of rotatable bonds is 5. The van der Waals surface area contributed by atoms with E-state index in [1.165, 1.54) is 0 Å². The molecule has 17 heavy (non-hydrogen) atoms. The summed E-state index contributed by atoms with van der Waals surface area (Å²) in [6, 6.07) is 7.41. The van der Waals surface area contributed by atoms with E-state index in [4.69, 9.17) is 20.0 Å². The molecule has 0 aliphatic carbocycles. The van der Waals surface area contributed by atoms with E-state index in [2.05, 4.69) is 6.07 Å². The average molecular weight is 230 g/mol. The molecule has 0 spiro atoms. The molecule has 0 heterocycles. The van der Waals surface area contributed by atoms with Crippen molar-refractivity contribution in [1.82, 2.24) is 0 Å². The molecular weight excluding hydrogens is 216 g/mol. The summed E-state index contributed by atoms with van der Waals surface area (Å²) in [6.45, 7) is 4.70. The van der Waals surface area contributed by atoms with Gasteiger partial charge >= 0.3 is 0 Å². The predicted octanol–water partition coefficient (Wildman–Crippen LogP) is 2.42. The van der Waals surface area contributed by atoms with Crippen LogP contribution in [0.25, 0.3) is 0 Å². The molecule has 0 N–H and O–H groups in total. The van der Waals surface area contributed by atoms with Gasteiger partial charge in [-0.2, -0.15) is 10.5 Å². The minimum atomic E-state index is 0.199. The topological polar surface area (TPSA) is 66.0 Å². The number of hydrogen-bond donors (Lipinski definition) is 0. The van der Waals surface area contributed by atoms with Gasteiger partial charge in [-0.05, 0) is 19.9 Å². The maximum atomic E-state index is 8.91. The van der Waals surface area contributed by atoms with E-state index >= 15 is 0 Å². The maximum Gasteiger partial charge on any atom is 0.165 e. The second-order valence-electron chi connectivity index (χ2n) is 3.28. The molecule has 0 aromatic heterocycles. The zero-order valence-corrected chi connectivity index (χ0v) is 9.99. The Hall–Kier alpha value is -2.20. The minimum absolute atomic E-state index is 0.199. The average Bonchev–Trinajstić information content (AvgIpc) is 2.33. The third kappa shape index (κ3) is 3.12. The molecule has 88 valence electrons. The fourth-order valence-corrected chi connectivity index (χ4v) is 1.51. The van der Waals surface area contributed by atoms with Gasteiger partial charge in [0.05, 0.1) is 37.3 Å². The third-order valence-electron chi connectivity index (χ3n) is 2.12. The van der Waals surface area contributed by atoms with Crippen LogP contribution in [0.2, 0.25) is 0 Å². The standard InChI is InChI=1S/C13H14N2O2/c1-3-16-12-8-10(9-15)7-11(5-6-14)13(12)17-4-2/h7-8H,3-5H2,1-2H3. The highest BCUT2D eigenvalue weighted by atomic mass is 16.5. The normalized spacial score (nSPS) is 9.18. The van der Waals surface area contributed by atoms with Gasteiger partial charge in [0.1, 0.15) is 0 Å². The number of nitriles is 2. The first-order chi connectivity index (χ1) is 8.26. The van der Waals surface area contributed by atoms with Gasteiger partial charge in [-0.25, -0.2) is 0 Å². The first-order valence-corrected chi connectivity index (χ1v) is 5.46. The molecule has 0 aliphatic heterocycles. The van der Waals surface area contributed by atoms with E-state index in [0.717, 1.165) is 0 Å². The van der Waals surface area contributed by atoms with Gasteiger partial charge in [-0.1, -0.05) is 0 Å². The van der Waals surface area contributed by atoms with Gasteiger partial charge < -0.3 is 9.47 Å². The van der Waals surface area contributed by atoms with E-state index < -0.39 is 0 Å². The Morgan fingerprint density at radius 3 is 2.35 bits per heavy atom. The van der Waals surface area contributed by atoms with Crippen molar-refractivity contribution in [2.45, 2.75) is 20.3 Å². The lowest BCUT2D eigenvalue weighted by atomic mass is 10.1. The lowest BCUT2D eigenvalue weighted by Crippen LogP contribution is -2.02. The largest absolute Gasteiger partial charge is 0.490 e. The van der Waals surface area contributed by atoms with E-state index in [0.29, 0.717) is 35.8 Å². The van der Waals surface area contributed by atoms with Crippen molar-refractivity contribution >= 4 is 0 Å². The highest BCUT2D eigenvalue weighted by molar-refractivity contribution is 5.53. The molecule has 0 aliphatic rings. The van der Waals surface area contributed by atoms with Gasteiger partial charge in [0.15, 0.2) is 11.5 Å². The van der Waals surface area contributed by atoms with Crippen LogP contribution in [0, 0.1) is 22.7 Å². The Labute approximate surface area is 101 Å². The molecule has 0 atom stereocenters. The quantitative estimate of drug-likeness (QED) is 0.779. The van der Waals surface area contributed by atoms with E-state index in [1.54, 1.807) is 12.1 Å². The van der Waals surface area contributed by atoms with Crippen molar-refractivity contribution in [3.63, 3.8) is 0 Å². The second kappa shape index (κ2) is 6.40. The van der Waals surface area contributed by atoms with Crippen molar-refractivity contribution in [3.05, 3.63) is 23.3 Å². The predicted molar refractivity (Wildman–Crippen MR) is 62.8 cm³/mol. The monoisotopic (exact) mass is 230 g/mol. The Bertz CT molecular complexity index is 470. The Morgan fingerprint density at radius 2 is 1.82 bits per heavy atom. The van der Waals surface area contributed by atoms with Crippen LogP contribution in [0.5, 0.6) is 11.5 Å². The van der Waals surface area contributed by atoms with Crippen molar-refractivity contribution in [3.8, 4) is 23.6 Å². The first kappa shape index (κ1) is 12.9. The van der Waals surface area contributed by atoms with Crippen molar-refractivity contribution in [2.24, 2.45) is 0 Å². The van der Waals surface area contributed by atoms with Crippen LogP contribution < -0.4 is 9.47 Å². The molecule has 4 heteroatoms. The Morgan fingerprint density at radius 1 is 1.12 bits per heavy atom. The second-order valence-corrected chi connectivity index (χ2v) is 3.28. The molecule has 0 fully saturated rings. The molecule has 0 saturated heterocycles. The molecule has 1 aromatic carbocycles. The summed E-state index contributed by atoms with van der Waals surface area (Å²) >= 11 is 0. The van der Waals surface area contributed by atoms with E-state index in [-0.39, 0.29) is 6.42 Å². The fourth-order valence-electron chi connectivity index (χ4n) is 1.51. The Kier molecular flexibility index (Phi) is 4.84. The number of ether oxygens (including phenoxy) is 2. The number of nitrogens with zero attached hydrogens (tertiary/aromatic N) is 2. The number of hydrogen-bond acceptors (Lipinski definition) is 4. The summed E-state index contributed by atoms with van der Waals surface area (Å²) in [5.74, 6) is 1.09. The van der Waals surface area contributed by atoms with Crippen molar-refractivity contribution < 1.29 is 9.47 Å². The highest BCUT2D eigenvalue weighted by Crippen LogP contribution is 2.33. The van der Waals surface area contributed by atoms with E-state index in [9.17, 15) is 0 Å². The molecule has 0 radical (unpaired) electrons. The van der Waals surface area contributed by atoms with E-state index in [1.807, 2.05) is 19.9 Å². The van der Waals surface area contributed by atoms with Crippen LogP contribution in [-0.4, -0.2) is 13.2 Å². The molecule has 4 nitrogen and oxygen atoms in total. The summed E-state index contributed by atoms with van der Waals surface area (Å²) in [4.78, 5) is 0. The smallest absolute Gasteiger partial charge is 0.165 e. The molecular formula is C13H14N2O2. The molecule has 0 amide bonds. The molecule has 0 unspecified atom stereocenters. The maximum absolute atomic E-state index is 8.91. The van der Waals surface area contributed by atoms with Crippen LogP contribution in [0.1, 0.15) is 25.0 Å². The zero-order valence-electron chi connectivity index (χ0n) is 9.99. The zero-order chi connectivity index (χ0) is 12.7. The summed E-state index contributed by atoms with van der Waals surface area (Å²) in [5, 5.41) is 17.7. The van der Waals surface area contributed by atoms with Gasteiger partial charge in [0, 0.05) is 11.6 Å². The van der Waals surface area contributed by atoms with Crippen molar-refractivity contribution in [1.29, 1.82) is 10.5 Å². The molecule has 0 bridgehead atoms. The van der Waals surface area contributed by atoms with Gasteiger partial charge in [0.2, 0.25) is 0 Å². The highest BCUT2D eigenvalue weighted by Gasteiger charge is 2.13. The summed E-state index contributed by atoms with van der Waals surface area (Å²) in [5.41, 5.74) is 1.17. The Balaban J connectivity index is 3.29. The van der Waals surface area contributed by atoms with Gasteiger partial charge in [-0.3, -0.25) is 0 Å². The van der Waals surface area contributed by atoms with Crippen LogP contribution in [-0.2, 0) is 6.42 Å². The lowest BCUT2D eigenvalue weighted by Gasteiger charge is -2.14.